The molecule has 0 unspecified atom stereocenters. The molecule has 0 aliphatic heterocycles. The molecule has 2 aromatic carbocycles. The molecule has 0 saturated heterocycles. The molecule has 2 rings (SSSR count). The van der Waals surface area contributed by atoms with Gasteiger partial charge in [-0.1, -0.05) is 17.7 Å². The van der Waals surface area contributed by atoms with Crippen LogP contribution in [-0.4, -0.2) is 5.91 Å². The van der Waals surface area contributed by atoms with E-state index in [9.17, 15) is 9.18 Å². The van der Waals surface area contributed by atoms with E-state index < -0.39 is 0 Å². The van der Waals surface area contributed by atoms with Crippen LogP contribution in [0.2, 0.25) is 5.02 Å². The fourth-order valence-electron chi connectivity index (χ4n) is 2.00. The van der Waals surface area contributed by atoms with Gasteiger partial charge < -0.3 is 10.6 Å². The largest absolute Gasteiger partial charge is 0.381 e. The van der Waals surface area contributed by atoms with Crippen molar-refractivity contribution in [2.24, 2.45) is 0 Å². The van der Waals surface area contributed by atoms with Gasteiger partial charge >= 0.3 is 0 Å². The summed E-state index contributed by atoms with van der Waals surface area (Å²) in [6.45, 7) is 3.66. The van der Waals surface area contributed by atoms with Crippen molar-refractivity contribution in [2.75, 3.05) is 10.6 Å². The number of carbonyl (C=O) groups excluding carboxylic acids is 1. The Morgan fingerprint density at radius 3 is 2.67 bits per heavy atom. The van der Waals surface area contributed by atoms with Gasteiger partial charge in [-0.3, -0.25) is 4.79 Å². The molecule has 2 N–H and O–H groups in total. The zero-order valence-corrected chi connectivity index (χ0v) is 12.6. The fourth-order valence-corrected chi connectivity index (χ4v) is 2.23. The van der Waals surface area contributed by atoms with E-state index >= 15 is 0 Å². The van der Waals surface area contributed by atoms with Crippen molar-refractivity contribution >= 4 is 28.9 Å². The minimum atomic E-state index is -0.332. The van der Waals surface area contributed by atoms with Gasteiger partial charge in [0.05, 0.1) is 0 Å². The molecule has 0 aliphatic rings. The van der Waals surface area contributed by atoms with Crippen molar-refractivity contribution in [3.8, 4) is 0 Å². The summed E-state index contributed by atoms with van der Waals surface area (Å²) in [5, 5.41) is 6.27. The molecule has 0 heterocycles. The highest BCUT2D eigenvalue weighted by molar-refractivity contribution is 6.31. The Hall–Kier alpha value is -2.07. The first kappa shape index (κ1) is 15.3. The smallest absolute Gasteiger partial charge is 0.221 e. The SMILES string of the molecule is CC(=O)Nc1ccc(NCc2c(F)cccc2Cl)cc1C. The average molecular weight is 307 g/mol. The summed E-state index contributed by atoms with van der Waals surface area (Å²) < 4.78 is 13.7. The fraction of sp³-hybridized carbons (Fsp3) is 0.188. The summed E-state index contributed by atoms with van der Waals surface area (Å²) in [5.74, 6) is -0.446. The van der Waals surface area contributed by atoms with Crippen molar-refractivity contribution in [3.63, 3.8) is 0 Å². The van der Waals surface area contributed by atoms with E-state index in [4.69, 9.17) is 11.6 Å². The number of halogens is 2. The summed E-state index contributed by atoms with van der Waals surface area (Å²) in [4.78, 5) is 11.1. The van der Waals surface area contributed by atoms with Crippen molar-refractivity contribution in [1.29, 1.82) is 0 Å². The zero-order valence-electron chi connectivity index (χ0n) is 11.8. The molecule has 2 aromatic rings. The zero-order chi connectivity index (χ0) is 15.4. The van der Waals surface area contributed by atoms with Crippen molar-refractivity contribution in [2.45, 2.75) is 20.4 Å². The molecule has 1 amide bonds. The van der Waals surface area contributed by atoms with E-state index in [1.807, 2.05) is 25.1 Å². The van der Waals surface area contributed by atoms with Crippen LogP contribution in [0.3, 0.4) is 0 Å². The van der Waals surface area contributed by atoms with Crippen molar-refractivity contribution in [1.82, 2.24) is 0 Å². The first-order chi connectivity index (χ1) is 9.97. The minimum Gasteiger partial charge on any atom is -0.381 e. The van der Waals surface area contributed by atoms with Crippen LogP contribution < -0.4 is 10.6 Å². The molecule has 110 valence electrons. The third kappa shape index (κ3) is 3.95. The Bertz CT molecular complexity index is 653. The number of anilines is 2. The number of hydrogen-bond acceptors (Lipinski definition) is 2. The van der Waals surface area contributed by atoms with Gasteiger partial charge in [-0.15, -0.1) is 0 Å². The van der Waals surface area contributed by atoms with Crippen LogP contribution in [0.5, 0.6) is 0 Å². The van der Waals surface area contributed by atoms with Gasteiger partial charge in [0.15, 0.2) is 0 Å². The van der Waals surface area contributed by atoms with Crippen LogP contribution in [0.1, 0.15) is 18.1 Å². The maximum atomic E-state index is 13.7. The Labute approximate surface area is 128 Å². The number of rotatable bonds is 4. The second-order valence-electron chi connectivity index (χ2n) is 4.76. The van der Waals surface area contributed by atoms with E-state index in [2.05, 4.69) is 10.6 Å². The van der Waals surface area contributed by atoms with Crippen LogP contribution in [0.15, 0.2) is 36.4 Å². The average Bonchev–Trinajstić information content (AvgIpc) is 2.41. The lowest BCUT2D eigenvalue weighted by Crippen LogP contribution is -2.08. The highest BCUT2D eigenvalue weighted by Crippen LogP contribution is 2.23. The van der Waals surface area contributed by atoms with Gasteiger partial charge in [0.25, 0.3) is 0 Å². The summed E-state index contributed by atoms with van der Waals surface area (Å²) in [6.07, 6.45) is 0. The van der Waals surface area contributed by atoms with Gasteiger partial charge in [-0.2, -0.15) is 0 Å². The maximum absolute atomic E-state index is 13.7. The van der Waals surface area contributed by atoms with Crippen LogP contribution in [0.25, 0.3) is 0 Å². The molecule has 0 aromatic heterocycles. The van der Waals surface area contributed by atoms with Crippen LogP contribution in [0.4, 0.5) is 15.8 Å². The Morgan fingerprint density at radius 2 is 2.05 bits per heavy atom. The summed E-state index contributed by atoms with van der Waals surface area (Å²) in [5.41, 5.74) is 2.95. The number of nitrogens with one attached hydrogen (secondary N) is 2. The topological polar surface area (TPSA) is 41.1 Å². The normalized spacial score (nSPS) is 10.3. The minimum absolute atomic E-state index is 0.114. The van der Waals surface area contributed by atoms with Gasteiger partial charge in [0.2, 0.25) is 5.91 Å². The molecule has 0 spiro atoms. The molecule has 5 heteroatoms. The van der Waals surface area contributed by atoms with Crippen LogP contribution in [0, 0.1) is 12.7 Å². The molecule has 3 nitrogen and oxygen atoms in total. The summed E-state index contributed by atoms with van der Waals surface area (Å²) in [7, 11) is 0. The Kier molecular flexibility index (Phi) is 4.81. The molecule has 0 saturated carbocycles. The maximum Gasteiger partial charge on any atom is 0.221 e. The molecule has 0 atom stereocenters. The molecule has 0 aliphatic carbocycles. The first-order valence-electron chi connectivity index (χ1n) is 6.52. The quantitative estimate of drug-likeness (QED) is 0.881. The summed E-state index contributed by atoms with van der Waals surface area (Å²) >= 11 is 5.98. The highest BCUT2D eigenvalue weighted by atomic mass is 35.5. The van der Waals surface area contributed by atoms with Gasteiger partial charge in [-0.05, 0) is 42.8 Å². The second kappa shape index (κ2) is 6.59. The van der Waals surface area contributed by atoms with Gasteiger partial charge in [0, 0.05) is 35.4 Å². The van der Waals surface area contributed by atoms with E-state index in [-0.39, 0.29) is 11.7 Å². The number of hydrogen-bond donors (Lipinski definition) is 2. The van der Waals surface area contributed by atoms with Gasteiger partial charge in [0.1, 0.15) is 5.82 Å². The standard InChI is InChI=1S/C16H16ClFN2O/c1-10-8-12(6-7-16(10)20-11(2)21)19-9-13-14(17)4-3-5-15(13)18/h3-8,19H,9H2,1-2H3,(H,20,21). The van der Waals surface area contributed by atoms with E-state index in [1.165, 1.54) is 13.0 Å². The van der Waals surface area contributed by atoms with E-state index in [0.717, 1.165) is 16.9 Å². The lowest BCUT2D eigenvalue weighted by atomic mass is 10.1. The number of benzene rings is 2. The number of carbonyl (C=O) groups is 1. The molecule has 0 fully saturated rings. The molecular formula is C16H16ClFN2O. The predicted octanol–water partition coefficient (Wildman–Crippen LogP) is 4.36. The lowest BCUT2D eigenvalue weighted by Gasteiger charge is -2.12. The second-order valence-corrected chi connectivity index (χ2v) is 5.17. The number of aryl methyl sites for hydroxylation is 1. The lowest BCUT2D eigenvalue weighted by molar-refractivity contribution is -0.114. The highest BCUT2D eigenvalue weighted by Gasteiger charge is 2.07. The summed E-state index contributed by atoms with van der Waals surface area (Å²) in [6, 6.07) is 10.1. The molecule has 21 heavy (non-hydrogen) atoms. The van der Waals surface area contributed by atoms with Crippen LogP contribution >= 0.6 is 11.6 Å². The molecule has 0 bridgehead atoms. The molecule has 0 radical (unpaired) electrons. The first-order valence-corrected chi connectivity index (χ1v) is 6.90. The number of amides is 1. The van der Waals surface area contributed by atoms with E-state index in [0.29, 0.717) is 17.1 Å². The third-order valence-corrected chi connectivity index (χ3v) is 3.42. The Morgan fingerprint density at radius 1 is 1.29 bits per heavy atom. The van der Waals surface area contributed by atoms with Crippen LogP contribution in [-0.2, 0) is 11.3 Å². The van der Waals surface area contributed by atoms with Crippen molar-refractivity contribution in [3.05, 3.63) is 58.4 Å². The van der Waals surface area contributed by atoms with E-state index in [1.54, 1.807) is 12.1 Å². The van der Waals surface area contributed by atoms with Gasteiger partial charge in [-0.25, -0.2) is 4.39 Å². The molecular weight excluding hydrogens is 291 g/mol. The Balaban J connectivity index is 2.10. The third-order valence-electron chi connectivity index (χ3n) is 3.07. The predicted molar refractivity (Wildman–Crippen MR) is 84.2 cm³/mol. The van der Waals surface area contributed by atoms with Crippen molar-refractivity contribution < 1.29 is 9.18 Å². The monoisotopic (exact) mass is 306 g/mol.